The molecule has 0 radical (unpaired) electrons. The maximum absolute atomic E-state index is 11.9. The van der Waals surface area contributed by atoms with Gasteiger partial charge in [-0.15, -0.1) is 5.10 Å². The van der Waals surface area contributed by atoms with Crippen LogP contribution in [0.1, 0.15) is 10.4 Å². The number of aromatic hydroxyl groups is 1. The zero-order chi connectivity index (χ0) is 17.9. The number of nitrogens with one attached hydrogen (secondary N) is 2. The minimum absolute atomic E-state index is 0.147. The number of aromatic nitrogens is 1. The Hall–Kier alpha value is -3.45. The van der Waals surface area contributed by atoms with Crippen molar-refractivity contribution in [2.24, 2.45) is 10.2 Å². The molecule has 0 fully saturated rings. The third-order valence-corrected chi connectivity index (χ3v) is 4.58. The Balaban J connectivity index is 1.68. The smallest absolute Gasteiger partial charge is 0.306 e. The van der Waals surface area contributed by atoms with Gasteiger partial charge >= 0.3 is 4.87 Å². The van der Waals surface area contributed by atoms with Crippen molar-refractivity contribution in [3.05, 3.63) is 80.3 Å². The van der Waals surface area contributed by atoms with Crippen LogP contribution in [-0.4, -0.2) is 22.0 Å². The summed E-state index contributed by atoms with van der Waals surface area (Å²) in [6.45, 7) is 0. The summed E-state index contributed by atoms with van der Waals surface area (Å²) in [6, 6.07) is 16.5. The molecule has 0 saturated heterocycles. The highest BCUT2D eigenvalue weighted by Gasteiger charge is 2.15. The van der Waals surface area contributed by atoms with Crippen LogP contribution in [0.3, 0.4) is 0 Å². The van der Waals surface area contributed by atoms with E-state index in [4.69, 9.17) is 0 Å². The third-order valence-electron chi connectivity index (χ3n) is 3.75. The van der Waals surface area contributed by atoms with Gasteiger partial charge in [0.25, 0.3) is 0 Å². The number of hydrogen-bond donors (Lipinski definition) is 3. The van der Waals surface area contributed by atoms with Gasteiger partial charge in [0.15, 0.2) is 0 Å². The highest BCUT2D eigenvalue weighted by Crippen LogP contribution is 2.26. The zero-order valence-electron chi connectivity index (χ0n) is 13.5. The van der Waals surface area contributed by atoms with Crippen LogP contribution in [0.5, 0.6) is 5.75 Å². The van der Waals surface area contributed by atoms with Gasteiger partial charge in [-0.25, -0.2) is 0 Å². The lowest BCUT2D eigenvalue weighted by Gasteiger charge is -2.06. The highest BCUT2D eigenvalue weighted by atomic mass is 32.1. The van der Waals surface area contributed by atoms with Crippen molar-refractivity contribution in [3.63, 3.8) is 0 Å². The van der Waals surface area contributed by atoms with E-state index in [0.29, 0.717) is 11.5 Å². The molecule has 0 unspecified atom stereocenters. The van der Waals surface area contributed by atoms with Crippen LogP contribution < -0.4 is 10.2 Å². The molecular weight excluding hydrogens is 348 g/mol. The van der Waals surface area contributed by atoms with E-state index in [1.807, 2.05) is 36.4 Å². The molecule has 7 heteroatoms. The summed E-state index contributed by atoms with van der Waals surface area (Å²) >= 11 is 1.09. The molecule has 0 spiro atoms. The Labute approximate surface area is 152 Å². The number of allylic oxidation sites excluding steroid dienone is 1. The van der Waals surface area contributed by atoms with Gasteiger partial charge in [0.2, 0.25) is 0 Å². The quantitative estimate of drug-likeness (QED) is 0.660. The fourth-order valence-electron chi connectivity index (χ4n) is 2.60. The summed E-state index contributed by atoms with van der Waals surface area (Å²) < 4.78 is 0. The summed E-state index contributed by atoms with van der Waals surface area (Å²) in [5, 5.41) is 20.9. The Morgan fingerprint density at radius 1 is 1.12 bits per heavy atom. The van der Waals surface area contributed by atoms with Crippen LogP contribution in [0.15, 0.2) is 75.2 Å². The van der Waals surface area contributed by atoms with E-state index in [9.17, 15) is 9.90 Å². The molecule has 3 N–H and O–H groups in total. The largest absolute Gasteiger partial charge is 0.508 e. The van der Waals surface area contributed by atoms with Crippen LogP contribution >= 0.6 is 11.3 Å². The summed E-state index contributed by atoms with van der Waals surface area (Å²) in [5.41, 5.74) is 3.22. The Bertz CT molecular complexity index is 1090. The molecule has 6 nitrogen and oxygen atoms in total. The van der Waals surface area contributed by atoms with Crippen molar-refractivity contribution >= 4 is 40.8 Å². The van der Waals surface area contributed by atoms with E-state index in [1.165, 1.54) is 0 Å². The molecule has 0 aliphatic carbocycles. The number of benzene rings is 2. The Morgan fingerprint density at radius 3 is 2.77 bits per heavy atom. The summed E-state index contributed by atoms with van der Waals surface area (Å²) in [4.78, 5) is 15.2. The maximum Gasteiger partial charge on any atom is 0.306 e. The fraction of sp³-hybridized carbons (Fsp3) is 0. The molecule has 0 atom stereocenters. The molecule has 0 saturated carbocycles. The number of phenols is 1. The standard InChI is InChI=1S/C19H14N4O2S/c24-15-8-4-7-14(10-15)21-18-16(26-19(25)22-18)9-13-11-20-23-17(13)12-5-2-1-3-6-12/h1-11,21,24H,(H,22,25)/b13-9+. The molecular formula is C19H14N4O2S. The molecule has 1 aliphatic rings. The average molecular weight is 362 g/mol. The van der Waals surface area contributed by atoms with Crippen molar-refractivity contribution in [1.29, 1.82) is 0 Å². The predicted octanol–water partition coefficient (Wildman–Crippen LogP) is 3.76. The molecule has 0 amide bonds. The third kappa shape index (κ3) is 3.33. The number of thiazole rings is 1. The first-order valence-electron chi connectivity index (χ1n) is 7.87. The first-order chi connectivity index (χ1) is 12.7. The molecule has 1 aromatic heterocycles. The minimum atomic E-state index is -0.173. The maximum atomic E-state index is 11.9. The van der Waals surface area contributed by atoms with E-state index in [-0.39, 0.29) is 10.6 Å². The van der Waals surface area contributed by atoms with Crippen molar-refractivity contribution in [2.75, 3.05) is 5.32 Å². The van der Waals surface area contributed by atoms with Crippen LogP contribution in [-0.2, 0) is 0 Å². The minimum Gasteiger partial charge on any atom is -0.508 e. The van der Waals surface area contributed by atoms with Gasteiger partial charge in [0, 0.05) is 22.9 Å². The topological polar surface area (TPSA) is 89.8 Å². The van der Waals surface area contributed by atoms with Crippen molar-refractivity contribution < 1.29 is 5.11 Å². The van der Waals surface area contributed by atoms with E-state index < -0.39 is 0 Å². The van der Waals surface area contributed by atoms with Crippen molar-refractivity contribution in [2.45, 2.75) is 0 Å². The van der Waals surface area contributed by atoms with Crippen LogP contribution in [0.2, 0.25) is 0 Å². The SMILES string of the molecule is O=c1[nH]c(Nc2cccc(O)c2)c(/C=C2\C=NN=C2c2ccccc2)s1. The second-order valence-corrected chi connectivity index (χ2v) is 6.60. The molecule has 4 rings (SSSR count). The molecule has 1 aliphatic heterocycles. The average Bonchev–Trinajstić information content (AvgIpc) is 3.23. The summed E-state index contributed by atoms with van der Waals surface area (Å²) in [7, 11) is 0. The monoisotopic (exact) mass is 362 g/mol. The van der Waals surface area contributed by atoms with Gasteiger partial charge in [-0.2, -0.15) is 5.10 Å². The molecule has 128 valence electrons. The van der Waals surface area contributed by atoms with Gasteiger partial charge in [0.1, 0.15) is 17.3 Å². The van der Waals surface area contributed by atoms with Gasteiger partial charge in [-0.3, -0.25) is 9.78 Å². The first-order valence-corrected chi connectivity index (χ1v) is 8.68. The lowest BCUT2D eigenvalue weighted by molar-refractivity contribution is 0.475. The van der Waals surface area contributed by atoms with E-state index in [1.54, 1.807) is 30.5 Å². The predicted molar refractivity (Wildman–Crippen MR) is 106 cm³/mol. The van der Waals surface area contributed by atoms with E-state index in [2.05, 4.69) is 20.5 Å². The number of phenolic OH excluding ortho intramolecular Hbond substituents is 1. The second-order valence-electron chi connectivity index (χ2n) is 5.59. The Morgan fingerprint density at radius 2 is 1.96 bits per heavy atom. The van der Waals surface area contributed by atoms with Gasteiger partial charge in [-0.05, 0) is 18.2 Å². The molecule has 2 aromatic carbocycles. The van der Waals surface area contributed by atoms with E-state index >= 15 is 0 Å². The highest BCUT2D eigenvalue weighted by molar-refractivity contribution is 7.10. The fourth-order valence-corrected chi connectivity index (χ4v) is 3.34. The molecule has 2 heterocycles. The van der Waals surface area contributed by atoms with Crippen LogP contribution in [0.4, 0.5) is 11.5 Å². The zero-order valence-corrected chi connectivity index (χ0v) is 14.3. The van der Waals surface area contributed by atoms with Crippen molar-refractivity contribution in [1.82, 2.24) is 4.98 Å². The molecule has 0 bridgehead atoms. The number of H-pyrrole nitrogens is 1. The van der Waals surface area contributed by atoms with Crippen LogP contribution in [0, 0.1) is 0 Å². The lowest BCUT2D eigenvalue weighted by atomic mass is 10.0. The Kier molecular flexibility index (Phi) is 4.20. The first kappa shape index (κ1) is 16.0. The van der Waals surface area contributed by atoms with Crippen LogP contribution in [0.25, 0.3) is 6.08 Å². The number of hydrogen-bond acceptors (Lipinski definition) is 6. The number of anilines is 2. The normalized spacial score (nSPS) is 14.6. The molecule has 26 heavy (non-hydrogen) atoms. The van der Waals surface area contributed by atoms with Crippen molar-refractivity contribution in [3.8, 4) is 5.75 Å². The molecule has 3 aromatic rings. The lowest BCUT2D eigenvalue weighted by Crippen LogP contribution is -2.02. The van der Waals surface area contributed by atoms with E-state index in [0.717, 1.165) is 33.1 Å². The van der Waals surface area contributed by atoms with Gasteiger partial charge < -0.3 is 10.4 Å². The number of nitrogens with zero attached hydrogens (tertiary/aromatic N) is 2. The summed E-state index contributed by atoms with van der Waals surface area (Å²) in [6.07, 6.45) is 3.54. The van der Waals surface area contributed by atoms with Gasteiger partial charge in [0.05, 0.1) is 11.1 Å². The second kappa shape index (κ2) is 6.81. The number of aromatic amines is 1. The number of rotatable bonds is 4. The van der Waals surface area contributed by atoms with Gasteiger partial charge in [-0.1, -0.05) is 47.7 Å². The summed E-state index contributed by atoms with van der Waals surface area (Å²) in [5.74, 6) is 0.708.